The van der Waals surface area contributed by atoms with Crippen LogP contribution < -0.4 is 0 Å². The lowest BCUT2D eigenvalue weighted by Crippen LogP contribution is -1.92. The van der Waals surface area contributed by atoms with Crippen molar-refractivity contribution in [3.05, 3.63) is 70.8 Å². The van der Waals surface area contributed by atoms with Crippen LogP contribution in [-0.2, 0) is 12.8 Å². The monoisotopic (exact) mass is 210 g/mol. The van der Waals surface area contributed by atoms with Gasteiger partial charge in [-0.25, -0.2) is 0 Å². The van der Waals surface area contributed by atoms with Gasteiger partial charge in [0.15, 0.2) is 0 Å². The van der Waals surface area contributed by atoms with Gasteiger partial charge >= 0.3 is 0 Å². The van der Waals surface area contributed by atoms with Gasteiger partial charge in [0.1, 0.15) is 0 Å². The molecule has 0 bridgehead atoms. The molecule has 0 heterocycles. The zero-order chi connectivity index (χ0) is 11.4. The van der Waals surface area contributed by atoms with Gasteiger partial charge < -0.3 is 0 Å². The molecule has 0 saturated carbocycles. The van der Waals surface area contributed by atoms with Crippen molar-refractivity contribution < 1.29 is 0 Å². The number of rotatable bonds is 3. The molecular formula is C16H18. The molecule has 2 aromatic carbocycles. The smallest absolute Gasteiger partial charge is 0.00257 e. The van der Waals surface area contributed by atoms with Crippen LogP contribution in [-0.4, -0.2) is 0 Å². The summed E-state index contributed by atoms with van der Waals surface area (Å²) in [4.78, 5) is 0. The first-order chi connectivity index (χ1) is 7.79. The fourth-order valence-electron chi connectivity index (χ4n) is 2.10. The number of hydrogen-bond acceptors (Lipinski definition) is 0. The highest BCUT2D eigenvalue weighted by molar-refractivity contribution is 5.34. The van der Waals surface area contributed by atoms with E-state index in [1.807, 2.05) is 0 Å². The number of hydrogen-bond donors (Lipinski definition) is 0. The van der Waals surface area contributed by atoms with E-state index in [9.17, 15) is 0 Å². The third-order valence-corrected chi connectivity index (χ3v) is 3.04. The Morgan fingerprint density at radius 1 is 0.875 bits per heavy atom. The summed E-state index contributed by atoms with van der Waals surface area (Å²) in [5.74, 6) is 0. The average Bonchev–Trinajstić information content (AvgIpc) is 2.31. The number of aryl methyl sites for hydroxylation is 2. The molecular weight excluding hydrogens is 192 g/mol. The molecule has 2 rings (SSSR count). The van der Waals surface area contributed by atoms with Crippen molar-refractivity contribution in [2.75, 3.05) is 0 Å². The van der Waals surface area contributed by atoms with E-state index in [0.717, 1.165) is 12.8 Å². The molecule has 0 aliphatic carbocycles. The predicted octanol–water partition coefficient (Wildman–Crippen LogP) is 4.15. The molecule has 0 atom stereocenters. The zero-order valence-electron chi connectivity index (χ0n) is 10.0. The minimum Gasteiger partial charge on any atom is -0.0622 e. The minimum absolute atomic E-state index is 1.03. The Hall–Kier alpha value is -1.56. The van der Waals surface area contributed by atoms with Gasteiger partial charge in [0.2, 0.25) is 0 Å². The van der Waals surface area contributed by atoms with Gasteiger partial charge in [-0.2, -0.15) is 0 Å². The Labute approximate surface area is 97.9 Å². The Bertz CT molecular complexity index is 455. The van der Waals surface area contributed by atoms with Crippen LogP contribution in [0, 0.1) is 6.92 Å². The third-order valence-electron chi connectivity index (χ3n) is 3.04. The van der Waals surface area contributed by atoms with Gasteiger partial charge in [0, 0.05) is 0 Å². The summed E-state index contributed by atoms with van der Waals surface area (Å²) in [6.45, 7) is 4.41. The van der Waals surface area contributed by atoms with E-state index in [4.69, 9.17) is 0 Å². The highest BCUT2D eigenvalue weighted by Crippen LogP contribution is 2.15. The summed E-state index contributed by atoms with van der Waals surface area (Å²) in [6.07, 6.45) is 2.16. The van der Waals surface area contributed by atoms with Gasteiger partial charge in [-0.05, 0) is 42.0 Å². The molecule has 82 valence electrons. The minimum atomic E-state index is 1.03. The zero-order valence-corrected chi connectivity index (χ0v) is 10.0. The van der Waals surface area contributed by atoms with E-state index < -0.39 is 0 Å². The second-order valence-corrected chi connectivity index (χ2v) is 4.28. The highest BCUT2D eigenvalue weighted by atomic mass is 14.0. The summed E-state index contributed by atoms with van der Waals surface area (Å²) in [5, 5.41) is 0. The van der Waals surface area contributed by atoms with E-state index in [0.29, 0.717) is 0 Å². The summed E-state index contributed by atoms with van der Waals surface area (Å²) in [6, 6.07) is 17.4. The lowest BCUT2D eigenvalue weighted by atomic mass is 9.99. The maximum absolute atomic E-state index is 2.31. The van der Waals surface area contributed by atoms with Gasteiger partial charge in [-0.1, -0.05) is 55.5 Å². The van der Waals surface area contributed by atoms with Crippen LogP contribution in [0.1, 0.15) is 29.2 Å². The maximum Gasteiger partial charge on any atom is -0.00257 e. The molecule has 0 spiro atoms. The van der Waals surface area contributed by atoms with Gasteiger partial charge in [0.25, 0.3) is 0 Å². The molecule has 0 N–H and O–H groups in total. The first-order valence-electron chi connectivity index (χ1n) is 5.92. The van der Waals surface area contributed by atoms with Crippen molar-refractivity contribution in [2.24, 2.45) is 0 Å². The SMILES string of the molecule is CCc1ccc(Cc2ccccc2)cc1C. The first-order valence-corrected chi connectivity index (χ1v) is 5.92. The molecule has 0 nitrogen and oxygen atoms in total. The normalized spacial score (nSPS) is 10.4. The van der Waals surface area contributed by atoms with E-state index in [2.05, 4.69) is 62.4 Å². The van der Waals surface area contributed by atoms with Crippen LogP contribution in [0.25, 0.3) is 0 Å². The summed E-state index contributed by atoms with van der Waals surface area (Å²) >= 11 is 0. The van der Waals surface area contributed by atoms with Crippen molar-refractivity contribution in [1.82, 2.24) is 0 Å². The van der Waals surface area contributed by atoms with E-state index in [1.165, 1.54) is 22.3 Å². The Morgan fingerprint density at radius 3 is 2.25 bits per heavy atom. The average molecular weight is 210 g/mol. The molecule has 0 amide bonds. The van der Waals surface area contributed by atoms with E-state index >= 15 is 0 Å². The van der Waals surface area contributed by atoms with E-state index in [1.54, 1.807) is 0 Å². The van der Waals surface area contributed by atoms with Crippen LogP contribution in [0.3, 0.4) is 0 Å². The molecule has 16 heavy (non-hydrogen) atoms. The molecule has 0 aromatic heterocycles. The molecule has 0 aliphatic rings. The van der Waals surface area contributed by atoms with Crippen molar-refractivity contribution >= 4 is 0 Å². The maximum atomic E-state index is 2.31. The fourth-order valence-corrected chi connectivity index (χ4v) is 2.10. The molecule has 0 aliphatic heterocycles. The van der Waals surface area contributed by atoms with Crippen molar-refractivity contribution in [3.63, 3.8) is 0 Å². The van der Waals surface area contributed by atoms with Crippen LogP contribution in [0.4, 0.5) is 0 Å². The third kappa shape index (κ3) is 2.52. The number of benzene rings is 2. The lowest BCUT2D eigenvalue weighted by molar-refractivity contribution is 1.09. The van der Waals surface area contributed by atoms with Crippen LogP contribution in [0.5, 0.6) is 0 Å². The standard InChI is InChI=1S/C16H18/c1-3-16-10-9-15(11-13(16)2)12-14-7-5-4-6-8-14/h4-11H,3,12H2,1-2H3. The largest absolute Gasteiger partial charge is 0.0622 e. The summed E-state index contributed by atoms with van der Waals surface area (Å²) in [5.41, 5.74) is 5.65. The predicted molar refractivity (Wildman–Crippen MR) is 69.8 cm³/mol. The Morgan fingerprint density at radius 2 is 1.62 bits per heavy atom. The molecule has 0 radical (unpaired) electrons. The Balaban J connectivity index is 2.20. The van der Waals surface area contributed by atoms with Crippen LogP contribution in [0.15, 0.2) is 48.5 Å². The van der Waals surface area contributed by atoms with Crippen LogP contribution >= 0.6 is 0 Å². The molecule has 0 unspecified atom stereocenters. The van der Waals surface area contributed by atoms with Gasteiger partial charge in [-0.15, -0.1) is 0 Å². The lowest BCUT2D eigenvalue weighted by Gasteiger charge is -2.07. The van der Waals surface area contributed by atoms with Crippen molar-refractivity contribution in [2.45, 2.75) is 26.7 Å². The topological polar surface area (TPSA) is 0 Å². The van der Waals surface area contributed by atoms with Crippen molar-refractivity contribution in [1.29, 1.82) is 0 Å². The molecule has 0 heteroatoms. The van der Waals surface area contributed by atoms with E-state index in [-0.39, 0.29) is 0 Å². The van der Waals surface area contributed by atoms with Crippen LogP contribution in [0.2, 0.25) is 0 Å². The quantitative estimate of drug-likeness (QED) is 0.714. The summed E-state index contributed by atoms with van der Waals surface area (Å²) in [7, 11) is 0. The molecule has 0 fully saturated rings. The highest BCUT2D eigenvalue weighted by Gasteiger charge is 1.99. The second-order valence-electron chi connectivity index (χ2n) is 4.28. The second kappa shape index (κ2) is 4.98. The Kier molecular flexibility index (Phi) is 3.40. The van der Waals surface area contributed by atoms with Gasteiger partial charge in [-0.3, -0.25) is 0 Å². The van der Waals surface area contributed by atoms with Crippen molar-refractivity contribution in [3.8, 4) is 0 Å². The first kappa shape index (κ1) is 10.9. The molecule has 2 aromatic rings. The molecule has 0 saturated heterocycles. The summed E-state index contributed by atoms with van der Waals surface area (Å²) < 4.78 is 0. The fraction of sp³-hybridized carbons (Fsp3) is 0.250. The van der Waals surface area contributed by atoms with Gasteiger partial charge in [0.05, 0.1) is 0 Å².